The molecule has 2 aliphatic rings. The Bertz CT molecular complexity index is 877. The SMILES string of the molecule is CN1Cc2cc(NC(=O)c3cccnc3N3CCOCC3)ccc2CC1=O. The second-order valence-corrected chi connectivity index (χ2v) is 6.84. The van der Waals surface area contributed by atoms with Gasteiger partial charge < -0.3 is 19.9 Å². The van der Waals surface area contributed by atoms with Crippen LogP contribution in [0.15, 0.2) is 36.5 Å². The molecule has 1 fully saturated rings. The molecule has 1 aromatic carbocycles. The molecule has 0 spiro atoms. The minimum Gasteiger partial charge on any atom is -0.378 e. The van der Waals surface area contributed by atoms with Gasteiger partial charge in [0.05, 0.1) is 25.2 Å². The number of carbonyl (C=O) groups is 2. The van der Waals surface area contributed by atoms with Gasteiger partial charge in [0.1, 0.15) is 5.82 Å². The van der Waals surface area contributed by atoms with Crippen LogP contribution in [0.5, 0.6) is 0 Å². The molecule has 7 nitrogen and oxygen atoms in total. The summed E-state index contributed by atoms with van der Waals surface area (Å²) in [7, 11) is 1.79. The molecular formula is C20H22N4O3. The molecule has 2 aromatic rings. The number of morpholine rings is 1. The molecule has 3 heterocycles. The Balaban J connectivity index is 1.55. The van der Waals surface area contributed by atoms with Crippen LogP contribution in [0.25, 0.3) is 0 Å². The Morgan fingerprint density at radius 2 is 2.00 bits per heavy atom. The predicted octanol–water partition coefficient (Wildman–Crippen LogP) is 1.68. The molecule has 4 rings (SSSR count). The molecule has 1 aromatic heterocycles. The average molecular weight is 366 g/mol. The van der Waals surface area contributed by atoms with Gasteiger partial charge in [-0.1, -0.05) is 6.07 Å². The van der Waals surface area contributed by atoms with Crippen molar-refractivity contribution >= 4 is 23.3 Å². The van der Waals surface area contributed by atoms with Crippen molar-refractivity contribution in [1.29, 1.82) is 0 Å². The van der Waals surface area contributed by atoms with Crippen LogP contribution in [-0.2, 0) is 22.5 Å². The van der Waals surface area contributed by atoms with Gasteiger partial charge in [-0.2, -0.15) is 0 Å². The van der Waals surface area contributed by atoms with Crippen LogP contribution in [-0.4, -0.2) is 55.0 Å². The number of hydrogen-bond donors (Lipinski definition) is 1. The van der Waals surface area contributed by atoms with E-state index in [4.69, 9.17) is 4.74 Å². The number of nitrogens with one attached hydrogen (secondary N) is 1. The molecule has 2 aliphatic heterocycles. The number of rotatable bonds is 3. The highest BCUT2D eigenvalue weighted by Gasteiger charge is 2.22. The first-order valence-corrected chi connectivity index (χ1v) is 9.06. The number of ether oxygens (including phenoxy) is 1. The number of benzene rings is 1. The summed E-state index contributed by atoms with van der Waals surface area (Å²) >= 11 is 0. The number of fused-ring (bicyclic) bond motifs is 1. The smallest absolute Gasteiger partial charge is 0.259 e. The molecule has 0 unspecified atom stereocenters. The van der Waals surface area contributed by atoms with E-state index in [2.05, 4.69) is 15.2 Å². The van der Waals surface area contributed by atoms with E-state index in [9.17, 15) is 9.59 Å². The fraction of sp³-hybridized carbons (Fsp3) is 0.350. The highest BCUT2D eigenvalue weighted by Crippen LogP contribution is 2.24. The Labute approximate surface area is 157 Å². The van der Waals surface area contributed by atoms with Crippen molar-refractivity contribution in [2.45, 2.75) is 13.0 Å². The van der Waals surface area contributed by atoms with Crippen molar-refractivity contribution in [3.8, 4) is 0 Å². The van der Waals surface area contributed by atoms with E-state index in [-0.39, 0.29) is 11.8 Å². The summed E-state index contributed by atoms with van der Waals surface area (Å²) in [5.74, 6) is 0.608. The molecule has 0 atom stereocenters. The maximum absolute atomic E-state index is 12.9. The summed E-state index contributed by atoms with van der Waals surface area (Å²) in [5, 5.41) is 2.97. The average Bonchev–Trinajstić information content (AvgIpc) is 2.70. The van der Waals surface area contributed by atoms with Crippen molar-refractivity contribution in [1.82, 2.24) is 9.88 Å². The number of nitrogens with zero attached hydrogens (tertiary/aromatic N) is 3. The summed E-state index contributed by atoms with van der Waals surface area (Å²) in [6, 6.07) is 9.27. The zero-order chi connectivity index (χ0) is 18.8. The molecule has 2 amide bonds. The molecule has 7 heteroatoms. The quantitative estimate of drug-likeness (QED) is 0.895. The third-order valence-corrected chi connectivity index (χ3v) is 4.98. The lowest BCUT2D eigenvalue weighted by molar-refractivity contribution is -0.130. The first kappa shape index (κ1) is 17.5. The largest absolute Gasteiger partial charge is 0.378 e. The summed E-state index contributed by atoms with van der Waals surface area (Å²) in [6.07, 6.45) is 2.11. The molecular weight excluding hydrogens is 344 g/mol. The lowest BCUT2D eigenvalue weighted by atomic mass is 9.99. The second-order valence-electron chi connectivity index (χ2n) is 6.84. The maximum atomic E-state index is 12.9. The summed E-state index contributed by atoms with van der Waals surface area (Å²) < 4.78 is 5.39. The van der Waals surface area contributed by atoms with Crippen LogP contribution in [0.1, 0.15) is 21.5 Å². The van der Waals surface area contributed by atoms with Crippen LogP contribution in [0.3, 0.4) is 0 Å². The Morgan fingerprint density at radius 1 is 1.19 bits per heavy atom. The second kappa shape index (κ2) is 7.36. The van der Waals surface area contributed by atoms with E-state index in [1.54, 1.807) is 30.3 Å². The molecule has 1 saturated heterocycles. The number of amides is 2. The number of pyridine rings is 1. The van der Waals surface area contributed by atoms with Gasteiger partial charge in [0, 0.05) is 38.6 Å². The third kappa shape index (κ3) is 3.64. The predicted molar refractivity (Wildman–Crippen MR) is 102 cm³/mol. The monoisotopic (exact) mass is 366 g/mol. The van der Waals surface area contributed by atoms with E-state index >= 15 is 0 Å². The third-order valence-electron chi connectivity index (χ3n) is 4.98. The van der Waals surface area contributed by atoms with E-state index in [1.807, 2.05) is 18.2 Å². The van der Waals surface area contributed by atoms with Crippen LogP contribution in [0, 0.1) is 0 Å². The minimum atomic E-state index is -0.190. The molecule has 0 radical (unpaired) electrons. The standard InChI is InChI=1S/C20H22N4O3/c1-23-13-15-11-16(5-4-14(15)12-18(23)25)22-20(26)17-3-2-6-21-19(17)24-7-9-27-10-8-24/h2-6,11H,7-10,12-13H2,1H3,(H,22,26). The fourth-order valence-electron chi connectivity index (χ4n) is 3.46. The van der Waals surface area contributed by atoms with Crippen molar-refractivity contribution in [2.24, 2.45) is 0 Å². The Kier molecular flexibility index (Phi) is 4.77. The van der Waals surface area contributed by atoms with Crippen molar-refractivity contribution in [2.75, 3.05) is 43.6 Å². The van der Waals surface area contributed by atoms with Gasteiger partial charge in [-0.05, 0) is 35.4 Å². The van der Waals surface area contributed by atoms with E-state index < -0.39 is 0 Å². The zero-order valence-corrected chi connectivity index (χ0v) is 15.3. The number of carbonyl (C=O) groups excluding carboxylic acids is 2. The van der Waals surface area contributed by atoms with Crippen molar-refractivity contribution in [3.63, 3.8) is 0 Å². The van der Waals surface area contributed by atoms with E-state index in [0.29, 0.717) is 37.6 Å². The molecule has 1 N–H and O–H groups in total. The molecule has 0 bridgehead atoms. The van der Waals surface area contributed by atoms with Crippen LogP contribution >= 0.6 is 0 Å². The summed E-state index contributed by atoms with van der Waals surface area (Å²) in [5.41, 5.74) is 3.35. The van der Waals surface area contributed by atoms with Gasteiger partial charge in [-0.25, -0.2) is 4.98 Å². The van der Waals surface area contributed by atoms with Crippen LogP contribution in [0.4, 0.5) is 11.5 Å². The summed E-state index contributed by atoms with van der Waals surface area (Å²) in [6.45, 7) is 3.26. The first-order chi connectivity index (χ1) is 13.1. The normalized spacial score (nSPS) is 16.9. The van der Waals surface area contributed by atoms with Gasteiger partial charge in [-0.3, -0.25) is 9.59 Å². The van der Waals surface area contributed by atoms with E-state index in [0.717, 1.165) is 29.9 Å². The lowest BCUT2D eigenvalue weighted by Gasteiger charge is -2.29. The first-order valence-electron chi connectivity index (χ1n) is 9.06. The number of hydrogen-bond acceptors (Lipinski definition) is 5. The number of likely N-dealkylation sites (N-methyl/N-ethyl adjacent to an activating group) is 1. The molecule has 27 heavy (non-hydrogen) atoms. The zero-order valence-electron chi connectivity index (χ0n) is 15.3. The highest BCUT2D eigenvalue weighted by molar-refractivity contribution is 6.07. The Morgan fingerprint density at radius 3 is 2.81 bits per heavy atom. The topological polar surface area (TPSA) is 74.8 Å². The lowest BCUT2D eigenvalue weighted by Crippen LogP contribution is -2.38. The maximum Gasteiger partial charge on any atom is 0.259 e. The van der Waals surface area contributed by atoms with E-state index in [1.165, 1.54) is 0 Å². The fourth-order valence-corrected chi connectivity index (χ4v) is 3.46. The van der Waals surface area contributed by atoms with Gasteiger partial charge in [0.25, 0.3) is 5.91 Å². The van der Waals surface area contributed by atoms with Gasteiger partial charge in [-0.15, -0.1) is 0 Å². The van der Waals surface area contributed by atoms with Crippen molar-refractivity contribution < 1.29 is 14.3 Å². The van der Waals surface area contributed by atoms with Gasteiger partial charge in [0.2, 0.25) is 5.91 Å². The summed E-state index contributed by atoms with van der Waals surface area (Å²) in [4.78, 5) is 32.9. The van der Waals surface area contributed by atoms with Gasteiger partial charge in [0.15, 0.2) is 0 Å². The highest BCUT2D eigenvalue weighted by atomic mass is 16.5. The molecule has 140 valence electrons. The minimum absolute atomic E-state index is 0.116. The van der Waals surface area contributed by atoms with Crippen LogP contribution in [0.2, 0.25) is 0 Å². The number of aromatic nitrogens is 1. The van der Waals surface area contributed by atoms with Gasteiger partial charge >= 0.3 is 0 Å². The van der Waals surface area contributed by atoms with Crippen molar-refractivity contribution in [3.05, 3.63) is 53.2 Å². The Hall–Kier alpha value is -2.93. The van der Waals surface area contributed by atoms with Crippen LogP contribution < -0.4 is 10.2 Å². The molecule has 0 saturated carbocycles. The molecule has 0 aliphatic carbocycles. The number of anilines is 2.